The van der Waals surface area contributed by atoms with E-state index in [1.165, 1.54) is 6.42 Å². The lowest BCUT2D eigenvalue weighted by Gasteiger charge is -2.29. The number of hydrogen-bond donors (Lipinski definition) is 13. The van der Waals surface area contributed by atoms with Crippen molar-refractivity contribution in [3.8, 4) is 0 Å². The van der Waals surface area contributed by atoms with Crippen molar-refractivity contribution >= 4 is 80.2 Å². The first-order valence-corrected chi connectivity index (χ1v) is 24.7. The largest absolute Gasteiger partial charge is 0.480 e. The topological polar surface area (TPSA) is 228 Å². The Hall–Kier alpha value is -1.53. The van der Waals surface area contributed by atoms with Gasteiger partial charge in [0, 0.05) is 99.0 Å². The van der Waals surface area contributed by atoms with Gasteiger partial charge in [-0.1, -0.05) is 41.0 Å². The summed E-state index contributed by atoms with van der Waals surface area (Å²) < 4.78 is 0.115. The summed E-state index contributed by atoms with van der Waals surface area (Å²) in [7, 11) is 0. The first-order valence-electron chi connectivity index (χ1n) is 22.6. The second kappa shape index (κ2) is 39.5. The number of amides is 2. The lowest BCUT2D eigenvalue weighted by molar-refractivity contribution is -0.140. The van der Waals surface area contributed by atoms with Crippen molar-refractivity contribution in [2.75, 3.05) is 123 Å². The Morgan fingerprint density at radius 2 is 1.05 bits per heavy atom. The number of nitrogens with one attached hydrogen (secondary N) is 6. The van der Waals surface area contributed by atoms with Crippen molar-refractivity contribution in [3.63, 3.8) is 0 Å². The predicted molar refractivity (Wildman–Crippen MR) is 276 cm³/mol. The molecule has 21 heteroatoms. The van der Waals surface area contributed by atoms with Gasteiger partial charge in [-0.15, -0.1) is 0 Å². The number of rotatable bonds is 24. The number of carbonyl (C=O) groups is 5. The molecule has 0 aliphatic carbocycles. The van der Waals surface area contributed by atoms with E-state index in [0.717, 1.165) is 32.1 Å². The van der Waals surface area contributed by atoms with Crippen LogP contribution in [0.25, 0.3) is 0 Å². The van der Waals surface area contributed by atoms with E-state index in [1.54, 1.807) is 14.7 Å². The maximum atomic E-state index is 11.6. The molecule has 17 nitrogen and oxygen atoms in total. The number of carboxylic acid groups (broad SMARTS) is 3. The van der Waals surface area contributed by atoms with E-state index in [4.69, 9.17) is 15.3 Å². The fourth-order valence-electron chi connectivity index (χ4n) is 5.32. The van der Waals surface area contributed by atoms with Crippen LogP contribution in [0, 0.1) is 17.8 Å². The molecule has 1 unspecified atom stereocenters. The maximum Gasteiger partial charge on any atom is 0.317 e. The van der Waals surface area contributed by atoms with Gasteiger partial charge in [0.1, 0.15) is 6.04 Å². The molecule has 1 rings (SSSR count). The molecule has 0 aromatic rings. The van der Waals surface area contributed by atoms with Crippen LogP contribution < -0.4 is 31.9 Å². The van der Waals surface area contributed by atoms with Crippen molar-refractivity contribution in [3.05, 3.63) is 0 Å². The molecule has 1 heterocycles. The van der Waals surface area contributed by atoms with E-state index < -0.39 is 23.9 Å². The first-order chi connectivity index (χ1) is 29.7. The average Bonchev–Trinajstić information content (AvgIpc) is 3.15. The van der Waals surface area contributed by atoms with E-state index in [2.05, 4.69) is 145 Å². The molecule has 0 radical (unpaired) electrons. The SMILES string of the molecule is CC(C)C(CNCC(C)(C)S)CNCC(C)(C)S.CC(C)NC(=O)C(CS)NC(=O)CNCCS.CCC(C)C.O=C(O)CN1CCNCCN(CC(=O)O)CCN(CC(=O)O)CC1. The van der Waals surface area contributed by atoms with E-state index in [9.17, 15) is 24.0 Å². The number of aliphatic carboxylic acids is 3. The molecule has 0 spiro atoms. The minimum Gasteiger partial charge on any atom is -0.480 e. The Bertz CT molecular complexity index is 1200. The maximum absolute atomic E-state index is 11.6. The number of carbonyl (C=O) groups excluding carboxylic acids is 2. The third-order valence-electron chi connectivity index (χ3n) is 9.28. The summed E-state index contributed by atoms with van der Waals surface area (Å²) in [6, 6.07) is -0.546. The standard InChI is InChI=1S/C14H26N4O6.C14H32N2S2.C10H21N3O2S2.C5H12/c19-12(20)9-16-3-1-15-2-4-17(10-13(21)22)6-8-18(7-5-16)11-14(23)24;1-11(2)12(7-15-9-13(3,4)17)8-16-10-14(5,6)18;1-7(2)12-10(15)8(6-17)13-9(14)5-11-3-4-16;1-4-5(2)3/h15H,1-11H2,(H,19,20)(H,21,22)(H,23,24);11-12,15-18H,7-10H2,1-6H3;7-8,11,16-17H,3-6H2,1-2H3,(H,12,15)(H,13,14);5H,4H2,1-3H3. The fourth-order valence-corrected chi connectivity index (χ4v) is 5.96. The predicted octanol–water partition coefficient (Wildman–Crippen LogP) is 2.10. The Morgan fingerprint density at radius 3 is 1.34 bits per heavy atom. The van der Waals surface area contributed by atoms with Gasteiger partial charge in [-0.2, -0.15) is 50.5 Å². The molecule has 64 heavy (non-hydrogen) atoms. The van der Waals surface area contributed by atoms with Crippen molar-refractivity contribution in [2.24, 2.45) is 17.8 Å². The Kier molecular flexibility index (Phi) is 41.2. The zero-order valence-corrected chi connectivity index (χ0v) is 44.6. The molecule has 1 atom stereocenters. The molecule has 9 N–H and O–H groups in total. The molecule has 1 saturated heterocycles. The highest BCUT2D eigenvalue weighted by atomic mass is 32.1. The molecule has 0 aromatic carbocycles. The van der Waals surface area contributed by atoms with Crippen LogP contribution in [-0.4, -0.2) is 204 Å². The number of nitrogens with zero attached hydrogens (tertiary/aromatic N) is 3. The van der Waals surface area contributed by atoms with Crippen LogP contribution in [0.4, 0.5) is 0 Å². The molecular formula is C43H91N9O8S4. The molecular weight excluding hydrogens is 899 g/mol. The Morgan fingerprint density at radius 1 is 0.656 bits per heavy atom. The van der Waals surface area contributed by atoms with Crippen LogP contribution in [0.1, 0.15) is 82.6 Å². The van der Waals surface area contributed by atoms with Crippen LogP contribution in [0.2, 0.25) is 0 Å². The van der Waals surface area contributed by atoms with Crippen molar-refractivity contribution in [1.29, 1.82) is 0 Å². The Balaban J connectivity index is -0.000000840. The van der Waals surface area contributed by atoms with Crippen LogP contribution >= 0.6 is 50.5 Å². The van der Waals surface area contributed by atoms with E-state index in [0.29, 0.717) is 76.5 Å². The summed E-state index contributed by atoms with van der Waals surface area (Å²) in [5.41, 5.74) is 0. The zero-order chi connectivity index (χ0) is 49.9. The van der Waals surface area contributed by atoms with Crippen LogP contribution in [0.15, 0.2) is 0 Å². The second-order valence-corrected chi connectivity index (χ2v) is 21.6. The third-order valence-corrected chi connectivity index (χ3v) is 10.2. The van der Waals surface area contributed by atoms with E-state index in [1.807, 2.05) is 13.8 Å². The van der Waals surface area contributed by atoms with Crippen molar-refractivity contribution in [1.82, 2.24) is 46.6 Å². The highest BCUT2D eigenvalue weighted by Gasteiger charge is 2.21. The summed E-state index contributed by atoms with van der Waals surface area (Å²) in [5, 5.41) is 45.4. The summed E-state index contributed by atoms with van der Waals surface area (Å²) in [5.74, 6) is -0.0735. The summed E-state index contributed by atoms with van der Waals surface area (Å²) in [6.07, 6.45) is 1.31. The van der Waals surface area contributed by atoms with Gasteiger partial charge in [-0.3, -0.25) is 38.7 Å². The van der Waals surface area contributed by atoms with Gasteiger partial charge in [-0.25, -0.2) is 0 Å². The van der Waals surface area contributed by atoms with Crippen LogP contribution in [-0.2, 0) is 24.0 Å². The molecule has 1 fully saturated rings. The van der Waals surface area contributed by atoms with Gasteiger partial charge in [0.15, 0.2) is 0 Å². The second-order valence-electron chi connectivity index (χ2n) is 18.3. The number of thiol groups is 4. The smallest absolute Gasteiger partial charge is 0.317 e. The summed E-state index contributed by atoms with van der Waals surface area (Å²) in [6.45, 7) is 31.9. The van der Waals surface area contributed by atoms with Gasteiger partial charge in [0.2, 0.25) is 11.8 Å². The lowest BCUT2D eigenvalue weighted by Crippen LogP contribution is -2.51. The van der Waals surface area contributed by atoms with Gasteiger partial charge < -0.3 is 47.2 Å². The van der Waals surface area contributed by atoms with E-state index >= 15 is 0 Å². The summed E-state index contributed by atoms with van der Waals surface area (Å²) >= 11 is 17.1. The normalized spacial score (nSPS) is 15.4. The molecule has 2 amide bonds. The van der Waals surface area contributed by atoms with Gasteiger partial charge in [0.25, 0.3) is 0 Å². The lowest BCUT2D eigenvalue weighted by atomic mass is 9.95. The van der Waals surface area contributed by atoms with Gasteiger partial charge >= 0.3 is 17.9 Å². The molecule has 380 valence electrons. The quantitative estimate of drug-likeness (QED) is 0.0491. The fraction of sp³-hybridized carbons (Fsp3) is 0.884. The third kappa shape index (κ3) is 47.0. The van der Waals surface area contributed by atoms with Crippen molar-refractivity contribution in [2.45, 2.75) is 104 Å². The van der Waals surface area contributed by atoms with Crippen molar-refractivity contribution < 1.29 is 39.3 Å². The molecule has 0 aromatic heterocycles. The molecule has 0 saturated carbocycles. The highest BCUT2D eigenvalue weighted by Crippen LogP contribution is 2.14. The van der Waals surface area contributed by atoms with E-state index in [-0.39, 0.29) is 59.3 Å². The molecule has 0 bridgehead atoms. The Labute approximate surface area is 408 Å². The zero-order valence-electron chi connectivity index (χ0n) is 41.0. The monoisotopic (exact) mass is 990 g/mol. The van der Waals surface area contributed by atoms with Gasteiger partial charge in [-0.05, 0) is 72.4 Å². The van der Waals surface area contributed by atoms with Crippen LogP contribution in [0.5, 0.6) is 0 Å². The summed E-state index contributed by atoms with van der Waals surface area (Å²) in [4.78, 5) is 61.2. The highest BCUT2D eigenvalue weighted by molar-refractivity contribution is 7.82. The minimum absolute atomic E-state index is 0.0455. The average molecular weight is 991 g/mol. The number of hydrogen-bond acceptors (Lipinski definition) is 16. The van der Waals surface area contributed by atoms with Crippen LogP contribution in [0.3, 0.4) is 0 Å². The molecule has 1 aliphatic rings. The minimum atomic E-state index is -0.960. The van der Waals surface area contributed by atoms with Gasteiger partial charge in [0.05, 0.1) is 26.2 Å². The first kappa shape index (κ1) is 66.7. The number of carboxylic acids is 3. The molecule has 1 aliphatic heterocycles.